The van der Waals surface area contributed by atoms with Crippen LogP contribution in [0.15, 0.2) is 23.7 Å². The van der Waals surface area contributed by atoms with Gasteiger partial charge >= 0.3 is 0 Å². The predicted molar refractivity (Wildman–Crippen MR) is 73.5 cm³/mol. The fourth-order valence-corrected chi connectivity index (χ4v) is 2.95. The maximum Gasteiger partial charge on any atom is 0.123 e. The smallest absolute Gasteiger partial charge is 0.123 e. The maximum absolute atomic E-state index is 13.5. The van der Waals surface area contributed by atoms with E-state index in [0.29, 0.717) is 0 Å². The van der Waals surface area contributed by atoms with Crippen molar-refractivity contribution in [2.45, 2.75) is 26.8 Å². The second-order valence-corrected chi connectivity index (χ2v) is 5.18. The number of halogens is 1. The van der Waals surface area contributed by atoms with Crippen LogP contribution < -0.4 is 5.32 Å². The standard InChI is InChI=1S/C14H17FN2S/c1-4-16-13(14-10(3)17-8-18-14)12-7-11(15)6-5-9(12)2/h5-8,13,16H,4H2,1-3H3. The molecule has 0 spiro atoms. The lowest BCUT2D eigenvalue weighted by atomic mass is 9.99. The van der Waals surface area contributed by atoms with Gasteiger partial charge in [-0.3, -0.25) is 0 Å². The lowest BCUT2D eigenvalue weighted by molar-refractivity contribution is 0.603. The number of aryl methyl sites for hydroxylation is 2. The fourth-order valence-electron chi connectivity index (χ4n) is 2.06. The number of nitrogens with one attached hydrogen (secondary N) is 1. The molecule has 0 radical (unpaired) electrons. The number of hydrogen-bond donors (Lipinski definition) is 1. The number of hydrogen-bond acceptors (Lipinski definition) is 3. The van der Waals surface area contributed by atoms with E-state index in [-0.39, 0.29) is 11.9 Å². The first-order valence-corrected chi connectivity index (χ1v) is 6.90. The molecule has 0 bridgehead atoms. The lowest BCUT2D eigenvalue weighted by Gasteiger charge is -2.19. The minimum Gasteiger partial charge on any atom is -0.306 e. The van der Waals surface area contributed by atoms with E-state index in [1.807, 2.05) is 25.4 Å². The van der Waals surface area contributed by atoms with Gasteiger partial charge in [0.2, 0.25) is 0 Å². The van der Waals surface area contributed by atoms with Gasteiger partial charge in [-0.1, -0.05) is 13.0 Å². The number of aromatic nitrogens is 1. The zero-order valence-electron chi connectivity index (χ0n) is 10.8. The van der Waals surface area contributed by atoms with Crippen molar-refractivity contribution in [1.29, 1.82) is 0 Å². The van der Waals surface area contributed by atoms with Gasteiger partial charge < -0.3 is 5.32 Å². The molecule has 2 aromatic rings. The van der Waals surface area contributed by atoms with E-state index in [4.69, 9.17) is 0 Å². The Hall–Kier alpha value is -1.26. The highest BCUT2D eigenvalue weighted by atomic mass is 32.1. The van der Waals surface area contributed by atoms with E-state index in [0.717, 1.165) is 28.2 Å². The molecule has 2 nitrogen and oxygen atoms in total. The Kier molecular flexibility index (Phi) is 4.09. The summed E-state index contributed by atoms with van der Waals surface area (Å²) in [6.45, 7) is 6.89. The summed E-state index contributed by atoms with van der Waals surface area (Å²) in [7, 11) is 0. The fraction of sp³-hybridized carbons (Fsp3) is 0.357. The number of benzene rings is 1. The third-order valence-corrected chi connectivity index (χ3v) is 4.00. The van der Waals surface area contributed by atoms with Crippen molar-refractivity contribution in [2.75, 3.05) is 6.54 Å². The van der Waals surface area contributed by atoms with Gasteiger partial charge in [0.25, 0.3) is 0 Å². The Morgan fingerprint density at radius 2 is 2.17 bits per heavy atom. The minimum atomic E-state index is -0.194. The zero-order valence-corrected chi connectivity index (χ0v) is 11.6. The summed E-state index contributed by atoms with van der Waals surface area (Å²) in [5, 5.41) is 3.41. The van der Waals surface area contributed by atoms with Crippen molar-refractivity contribution < 1.29 is 4.39 Å². The Balaban J connectivity index is 2.48. The maximum atomic E-state index is 13.5. The van der Waals surface area contributed by atoms with Crippen LogP contribution in [0.2, 0.25) is 0 Å². The third kappa shape index (κ3) is 2.60. The molecule has 0 saturated carbocycles. The van der Waals surface area contributed by atoms with Gasteiger partial charge in [0.05, 0.1) is 17.2 Å². The molecule has 0 amide bonds. The first kappa shape index (κ1) is 13.2. The van der Waals surface area contributed by atoms with Crippen molar-refractivity contribution in [2.24, 2.45) is 0 Å². The van der Waals surface area contributed by atoms with Crippen LogP contribution in [0.1, 0.15) is 34.7 Å². The van der Waals surface area contributed by atoms with E-state index in [1.165, 1.54) is 6.07 Å². The topological polar surface area (TPSA) is 24.9 Å². The Labute approximate surface area is 111 Å². The normalized spacial score (nSPS) is 12.7. The van der Waals surface area contributed by atoms with E-state index in [9.17, 15) is 4.39 Å². The molecule has 0 fully saturated rings. The summed E-state index contributed by atoms with van der Waals surface area (Å²) in [4.78, 5) is 5.44. The van der Waals surface area contributed by atoms with Crippen LogP contribution >= 0.6 is 11.3 Å². The molecular formula is C14H17FN2S. The quantitative estimate of drug-likeness (QED) is 0.912. The lowest BCUT2D eigenvalue weighted by Crippen LogP contribution is -2.22. The SMILES string of the molecule is CCNC(c1cc(F)ccc1C)c1scnc1C. The number of thiazole rings is 1. The molecule has 1 atom stereocenters. The third-order valence-electron chi connectivity index (χ3n) is 3.01. The molecular weight excluding hydrogens is 247 g/mol. The van der Waals surface area contributed by atoms with Crippen LogP contribution in [-0.4, -0.2) is 11.5 Å². The van der Waals surface area contributed by atoms with Crippen LogP contribution in [-0.2, 0) is 0 Å². The minimum absolute atomic E-state index is 0.0261. The van der Waals surface area contributed by atoms with Gasteiger partial charge in [-0.05, 0) is 43.7 Å². The second kappa shape index (κ2) is 5.59. The Morgan fingerprint density at radius 1 is 1.39 bits per heavy atom. The first-order valence-electron chi connectivity index (χ1n) is 6.03. The van der Waals surface area contributed by atoms with Crippen LogP contribution in [0, 0.1) is 19.7 Å². The average molecular weight is 264 g/mol. The molecule has 1 N–H and O–H groups in total. The van der Waals surface area contributed by atoms with Gasteiger partial charge in [-0.15, -0.1) is 11.3 Å². The van der Waals surface area contributed by atoms with Crippen molar-refractivity contribution in [3.05, 3.63) is 51.2 Å². The highest BCUT2D eigenvalue weighted by Gasteiger charge is 2.19. The summed E-state index contributed by atoms with van der Waals surface area (Å²) < 4.78 is 13.5. The Morgan fingerprint density at radius 3 is 2.78 bits per heavy atom. The van der Waals surface area contributed by atoms with Gasteiger partial charge in [0.1, 0.15) is 5.82 Å². The number of nitrogens with zero attached hydrogens (tertiary/aromatic N) is 1. The summed E-state index contributed by atoms with van der Waals surface area (Å²) in [5.74, 6) is -0.194. The van der Waals surface area contributed by atoms with Gasteiger partial charge in [-0.2, -0.15) is 0 Å². The molecule has 1 heterocycles. The van der Waals surface area contributed by atoms with Gasteiger partial charge in [-0.25, -0.2) is 9.37 Å². The summed E-state index contributed by atoms with van der Waals surface area (Å²) in [5.41, 5.74) is 4.93. The van der Waals surface area contributed by atoms with E-state index >= 15 is 0 Å². The van der Waals surface area contributed by atoms with E-state index in [1.54, 1.807) is 17.4 Å². The van der Waals surface area contributed by atoms with Crippen molar-refractivity contribution in [3.8, 4) is 0 Å². The highest BCUT2D eigenvalue weighted by molar-refractivity contribution is 7.09. The molecule has 1 aromatic heterocycles. The van der Waals surface area contributed by atoms with Crippen molar-refractivity contribution in [1.82, 2.24) is 10.3 Å². The second-order valence-electron chi connectivity index (χ2n) is 4.29. The van der Waals surface area contributed by atoms with E-state index < -0.39 is 0 Å². The summed E-state index contributed by atoms with van der Waals surface area (Å²) in [6, 6.07) is 4.97. The zero-order chi connectivity index (χ0) is 13.1. The van der Waals surface area contributed by atoms with Crippen molar-refractivity contribution in [3.63, 3.8) is 0 Å². The summed E-state index contributed by atoms with van der Waals surface area (Å²) in [6.07, 6.45) is 0. The van der Waals surface area contributed by atoms with E-state index in [2.05, 4.69) is 17.2 Å². The van der Waals surface area contributed by atoms with Crippen molar-refractivity contribution >= 4 is 11.3 Å². The van der Waals surface area contributed by atoms with Crippen LogP contribution in [0.25, 0.3) is 0 Å². The Bertz CT molecular complexity index is 536. The predicted octanol–water partition coefficient (Wildman–Crippen LogP) is 3.60. The highest BCUT2D eigenvalue weighted by Crippen LogP contribution is 2.30. The molecule has 0 saturated heterocycles. The molecule has 0 aliphatic rings. The number of rotatable bonds is 4. The molecule has 1 unspecified atom stereocenters. The molecule has 96 valence electrons. The molecule has 1 aromatic carbocycles. The molecule has 0 aliphatic carbocycles. The monoisotopic (exact) mass is 264 g/mol. The average Bonchev–Trinajstić information content (AvgIpc) is 2.76. The summed E-state index contributed by atoms with van der Waals surface area (Å²) >= 11 is 1.61. The molecule has 0 aliphatic heterocycles. The van der Waals surface area contributed by atoms with Crippen LogP contribution in [0.4, 0.5) is 4.39 Å². The largest absolute Gasteiger partial charge is 0.306 e. The van der Waals surface area contributed by atoms with Gasteiger partial charge in [0.15, 0.2) is 0 Å². The molecule has 18 heavy (non-hydrogen) atoms. The van der Waals surface area contributed by atoms with Gasteiger partial charge in [0, 0.05) is 4.88 Å². The molecule has 2 rings (SSSR count). The first-order chi connectivity index (χ1) is 8.63. The van der Waals surface area contributed by atoms with Crippen LogP contribution in [0.5, 0.6) is 0 Å². The van der Waals surface area contributed by atoms with Crippen LogP contribution in [0.3, 0.4) is 0 Å². The molecule has 4 heteroatoms.